The fourth-order valence-corrected chi connectivity index (χ4v) is 3.49. The summed E-state index contributed by atoms with van der Waals surface area (Å²) in [5, 5.41) is 0. The van der Waals surface area contributed by atoms with E-state index in [4.69, 9.17) is 9.26 Å². The summed E-state index contributed by atoms with van der Waals surface area (Å²) >= 11 is 0. The SMILES string of the molecule is CCCCCCCCOC(C=O)(CC[PH](=O)OC)c1ccccc1. The number of rotatable bonds is 14. The number of ether oxygens (including phenoxy) is 1. The summed E-state index contributed by atoms with van der Waals surface area (Å²) in [6.45, 7) is 2.74. The first-order chi connectivity index (χ1) is 11.7. The van der Waals surface area contributed by atoms with E-state index in [0.29, 0.717) is 19.2 Å². The number of carbonyl (C=O) groups excluding carboxylic acids is 1. The van der Waals surface area contributed by atoms with Crippen molar-refractivity contribution in [2.75, 3.05) is 19.9 Å². The Morgan fingerprint density at radius 1 is 1.08 bits per heavy atom. The van der Waals surface area contributed by atoms with Crippen LogP contribution < -0.4 is 0 Å². The first-order valence-corrected chi connectivity index (χ1v) is 10.4. The average Bonchev–Trinajstić information content (AvgIpc) is 2.64. The van der Waals surface area contributed by atoms with E-state index < -0.39 is 13.6 Å². The number of unbranched alkanes of at least 4 members (excludes halogenated alkanes) is 5. The van der Waals surface area contributed by atoms with Crippen LogP contribution in [0.25, 0.3) is 0 Å². The number of hydrogen-bond acceptors (Lipinski definition) is 4. The largest absolute Gasteiger partial charge is 0.363 e. The predicted molar refractivity (Wildman–Crippen MR) is 99.0 cm³/mol. The molecule has 0 aliphatic rings. The number of carbonyl (C=O) groups is 1. The lowest BCUT2D eigenvalue weighted by Gasteiger charge is -2.29. The maximum absolute atomic E-state index is 11.9. The fraction of sp³-hybridized carbons (Fsp3) is 0.632. The summed E-state index contributed by atoms with van der Waals surface area (Å²) in [6, 6.07) is 9.46. The molecule has 0 heterocycles. The van der Waals surface area contributed by atoms with Gasteiger partial charge in [0.2, 0.25) is 0 Å². The molecule has 1 aromatic carbocycles. The monoisotopic (exact) mass is 354 g/mol. The van der Waals surface area contributed by atoms with Gasteiger partial charge >= 0.3 is 0 Å². The molecule has 1 rings (SSSR count). The van der Waals surface area contributed by atoms with Crippen molar-refractivity contribution in [1.82, 2.24) is 0 Å². The Morgan fingerprint density at radius 3 is 2.38 bits per heavy atom. The molecule has 0 spiro atoms. The van der Waals surface area contributed by atoms with E-state index in [2.05, 4.69) is 6.92 Å². The molecule has 0 N–H and O–H groups in total. The van der Waals surface area contributed by atoms with Crippen LogP contribution in [0.1, 0.15) is 57.4 Å². The van der Waals surface area contributed by atoms with Gasteiger partial charge in [-0.3, -0.25) is 9.36 Å². The Bertz CT molecular complexity index is 478. The second-order valence-corrected chi connectivity index (χ2v) is 7.72. The summed E-state index contributed by atoms with van der Waals surface area (Å²) in [5.41, 5.74) is -0.208. The van der Waals surface area contributed by atoms with E-state index in [1.54, 1.807) is 0 Å². The van der Waals surface area contributed by atoms with Crippen molar-refractivity contribution in [2.24, 2.45) is 0 Å². The summed E-state index contributed by atoms with van der Waals surface area (Å²) < 4.78 is 22.6. The van der Waals surface area contributed by atoms with Crippen molar-refractivity contribution in [3.63, 3.8) is 0 Å². The normalized spacial score (nSPS) is 14.9. The minimum Gasteiger partial charge on any atom is -0.363 e. The van der Waals surface area contributed by atoms with E-state index >= 15 is 0 Å². The van der Waals surface area contributed by atoms with Gasteiger partial charge in [0.25, 0.3) is 0 Å². The van der Waals surface area contributed by atoms with Crippen molar-refractivity contribution >= 4 is 14.3 Å². The van der Waals surface area contributed by atoms with Crippen molar-refractivity contribution in [3.05, 3.63) is 35.9 Å². The molecule has 0 aliphatic carbocycles. The van der Waals surface area contributed by atoms with Crippen LogP contribution in [0.4, 0.5) is 0 Å². The minimum atomic E-state index is -2.11. The highest BCUT2D eigenvalue weighted by molar-refractivity contribution is 7.39. The Hall–Kier alpha value is -0.960. The highest BCUT2D eigenvalue weighted by Crippen LogP contribution is 2.33. The summed E-state index contributed by atoms with van der Waals surface area (Å²) in [6.07, 6.45) is 8.57. The zero-order chi connectivity index (χ0) is 17.7. The minimum absolute atomic E-state index is 0.339. The molecule has 1 aromatic rings. The van der Waals surface area contributed by atoms with Crippen molar-refractivity contribution in [2.45, 2.75) is 57.5 Å². The van der Waals surface area contributed by atoms with Crippen LogP contribution in [-0.2, 0) is 24.2 Å². The lowest BCUT2D eigenvalue weighted by Crippen LogP contribution is -2.33. The Morgan fingerprint density at radius 2 is 1.75 bits per heavy atom. The second-order valence-electron chi connectivity index (χ2n) is 6.07. The van der Waals surface area contributed by atoms with Crippen LogP contribution in [0.3, 0.4) is 0 Å². The van der Waals surface area contributed by atoms with E-state index in [0.717, 1.165) is 24.7 Å². The van der Waals surface area contributed by atoms with Gasteiger partial charge in [0, 0.05) is 19.9 Å². The lowest BCUT2D eigenvalue weighted by molar-refractivity contribution is -0.133. The van der Waals surface area contributed by atoms with Crippen LogP contribution >= 0.6 is 8.03 Å². The second kappa shape index (κ2) is 12.4. The van der Waals surface area contributed by atoms with Crippen LogP contribution in [0.2, 0.25) is 0 Å². The van der Waals surface area contributed by atoms with Gasteiger partial charge < -0.3 is 9.26 Å². The van der Waals surface area contributed by atoms with Gasteiger partial charge in [-0.2, -0.15) is 0 Å². The third-order valence-corrected chi connectivity index (χ3v) is 5.35. The molecule has 5 heteroatoms. The van der Waals surface area contributed by atoms with E-state index in [1.165, 1.54) is 32.8 Å². The van der Waals surface area contributed by atoms with Crippen molar-refractivity contribution in [3.8, 4) is 0 Å². The van der Waals surface area contributed by atoms with Crippen LogP contribution in [-0.4, -0.2) is 26.2 Å². The molecule has 4 nitrogen and oxygen atoms in total. The van der Waals surface area contributed by atoms with E-state index in [1.807, 2.05) is 30.3 Å². The molecule has 0 bridgehead atoms. The first kappa shape index (κ1) is 21.1. The molecule has 24 heavy (non-hydrogen) atoms. The van der Waals surface area contributed by atoms with Gasteiger partial charge in [-0.15, -0.1) is 0 Å². The van der Waals surface area contributed by atoms with Gasteiger partial charge in [0.15, 0.2) is 14.3 Å². The molecule has 0 radical (unpaired) electrons. The number of hydrogen-bond donors (Lipinski definition) is 0. The molecule has 2 atom stereocenters. The van der Waals surface area contributed by atoms with Gasteiger partial charge in [-0.05, 0) is 18.4 Å². The van der Waals surface area contributed by atoms with Crippen LogP contribution in [0.5, 0.6) is 0 Å². The molecule has 0 saturated heterocycles. The molecule has 0 aliphatic heterocycles. The molecule has 136 valence electrons. The molecular formula is C19H31O4P. The molecule has 0 fully saturated rings. The topological polar surface area (TPSA) is 52.6 Å². The van der Waals surface area contributed by atoms with E-state index in [-0.39, 0.29) is 0 Å². The van der Waals surface area contributed by atoms with Gasteiger partial charge in [-0.25, -0.2) is 0 Å². The Kier molecular flexibility index (Phi) is 10.9. The lowest BCUT2D eigenvalue weighted by atomic mass is 9.92. The third-order valence-electron chi connectivity index (χ3n) is 4.24. The standard InChI is InChI=1S/C19H31O4P/c1-3-4-5-6-7-11-15-23-19(17-20,14-16-24(21)22-2)18-12-9-8-10-13-18/h8-10,12-13,17,24H,3-7,11,14-16H2,1-2H3. The molecular weight excluding hydrogens is 323 g/mol. The van der Waals surface area contributed by atoms with Gasteiger partial charge in [0.05, 0.1) is 0 Å². The Balaban J connectivity index is 2.63. The molecule has 0 saturated carbocycles. The summed E-state index contributed by atoms with van der Waals surface area (Å²) in [7, 11) is -0.678. The van der Waals surface area contributed by atoms with Crippen LogP contribution in [0, 0.1) is 0 Å². The quantitative estimate of drug-likeness (QED) is 0.269. The maximum Gasteiger partial charge on any atom is 0.191 e. The predicted octanol–water partition coefficient (Wildman–Crippen LogP) is 4.97. The zero-order valence-corrected chi connectivity index (χ0v) is 16.0. The van der Waals surface area contributed by atoms with Crippen molar-refractivity contribution < 1.29 is 18.6 Å². The third kappa shape index (κ3) is 7.29. The molecule has 0 aromatic heterocycles. The molecule has 0 amide bonds. The van der Waals surface area contributed by atoms with Gasteiger partial charge in [-0.1, -0.05) is 69.4 Å². The van der Waals surface area contributed by atoms with E-state index in [9.17, 15) is 9.36 Å². The summed E-state index contributed by atoms with van der Waals surface area (Å²) in [4.78, 5) is 11.9. The van der Waals surface area contributed by atoms with Gasteiger partial charge in [0.1, 0.15) is 5.60 Å². The number of aldehydes is 1. The molecule has 2 unspecified atom stereocenters. The summed E-state index contributed by atoms with van der Waals surface area (Å²) in [5.74, 6) is 0. The highest BCUT2D eigenvalue weighted by atomic mass is 31.1. The maximum atomic E-state index is 11.9. The first-order valence-electron chi connectivity index (χ1n) is 8.91. The number of benzene rings is 1. The highest BCUT2D eigenvalue weighted by Gasteiger charge is 2.33. The van der Waals surface area contributed by atoms with Crippen molar-refractivity contribution in [1.29, 1.82) is 0 Å². The zero-order valence-electron chi connectivity index (χ0n) is 15.0. The van der Waals surface area contributed by atoms with Crippen LogP contribution in [0.15, 0.2) is 30.3 Å². The fourth-order valence-electron chi connectivity index (χ4n) is 2.71. The average molecular weight is 354 g/mol. The smallest absolute Gasteiger partial charge is 0.191 e. The Labute approximate surface area is 146 Å².